The van der Waals surface area contributed by atoms with E-state index in [2.05, 4.69) is 6.07 Å². The Kier molecular flexibility index (Phi) is 6.51. The van der Waals surface area contributed by atoms with Crippen molar-refractivity contribution in [3.63, 3.8) is 0 Å². The first-order valence-electron chi connectivity index (χ1n) is 9.02. The number of allylic oxidation sites excluding steroid dienone is 2. The third-order valence-electron chi connectivity index (χ3n) is 4.78. The number of benzene rings is 1. The smallest absolute Gasteiger partial charge is 0.338 e. The van der Waals surface area contributed by atoms with Crippen molar-refractivity contribution in [1.29, 1.82) is 5.26 Å². The topological polar surface area (TPSA) is 94.6 Å². The first-order chi connectivity index (χ1) is 12.9. The van der Waals surface area contributed by atoms with E-state index < -0.39 is 11.9 Å². The molecular formula is C21H26N2O4. The molecule has 0 bridgehead atoms. The van der Waals surface area contributed by atoms with Crippen LogP contribution in [0.15, 0.2) is 34.9 Å². The van der Waals surface area contributed by atoms with Gasteiger partial charge < -0.3 is 19.9 Å². The lowest BCUT2D eigenvalue weighted by Crippen LogP contribution is -2.27. The van der Waals surface area contributed by atoms with Crippen molar-refractivity contribution in [3.8, 4) is 11.8 Å². The fraction of sp³-hybridized carbons (Fsp3) is 0.429. The number of carbonyl (C=O) groups is 1. The summed E-state index contributed by atoms with van der Waals surface area (Å²) in [6.45, 7) is 7.84. The number of nitrogens with two attached hydrogens (primary N) is 1. The van der Waals surface area contributed by atoms with Crippen LogP contribution in [0, 0.1) is 25.2 Å². The number of nitrogens with zero attached hydrogens (tertiary/aromatic N) is 1. The molecule has 1 aliphatic rings. The molecule has 6 nitrogen and oxygen atoms in total. The maximum absolute atomic E-state index is 12.8. The second-order valence-electron chi connectivity index (χ2n) is 6.34. The van der Waals surface area contributed by atoms with Gasteiger partial charge >= 0.3 is 5.97 Å². The van der Waals surface area contributed by atoms with Crippen molar-refractivity contribution < 1.29 is 19.0 Å². The minimum absolute atomic E-state index is 0.0341. The van der Waals surface area contributed by atoms with E-state index in [0.717, 1.165) is 28.9 Å². The van der Waals surface area contributed by atoms with E-state index >= 15 is 0 Å². The summed E-state index contributed by atoms with van der Waals surface area (Å²) in [6.07, 6.45) is 1.29. The predicted octanol–water partition coefficient (Wildman–Crippen LogP) is 3.74. The van der Waals surface area contributed by atoms with Gasteiger partial charge in [0.15, 0.2) is 0 Å². The van der Waals surface area contributed by atoms with Crippen molar-refractivity contribution in [3.05, 3.63) is 51.6 Å². The zero-order valence-corrected chi connectivity index (χ0v) is 16.5. The summed E-state index contributed by atoms with van der Waals surface area (Å²) in [5.41, 5.74) is 9.29. The molecule has 27 heavy (non-hydrogen) atoms. The summed E-state index contributed by atoms with van der Waals surface area (Å²) in [6, 6.07) is 5.82. The molecule has 1 heterocycles. The van der Waals surface area contributed by atoms with E-state index in [1.807, 2.05) is 32.9 Å². The Bertz CT molecular complexity index is 846. The lowest BCUT2D eigenvalue weighted by Gasteiger charge is -2.29. The normalized spacial score (nSPS) is 16.7. The van der Waals surface area contributed by atoms with Gasteiger partial charge in [0.2, 0.25) is 5.88 Å². The number of hydrogen-bond donors (Lipinski definition) is 1. The Balaban J connectivity index is 2.76. The molecule has 6 heteroatoms. The van der Waals surface area contributed by atoms with Crippen LogP contribution in [0.25, 0.3) is 0 Å². The number of nitriles is 1. The Hall–Kier alpha value is -2.94. The molecule has 0 aliphatic carbocycles. The molecule has 0 spiro atoms. The molecule has 0 saturated heterocycles. The van der Waals surface area contributed by atoms with Gasteiger partial charge in [-0.25, -0.2) is 4.79 Å². The highest BCUT2D eigenvalue weighted by atomic mass is 16.5. The lowest BCUT2D eigenvalue weighted by molar-refractivity contribution is -0.139. The highest BCUT2D eigenvalue weighted by Gasteiger charge is 2.38. The summed E-state index contributed by atoms with van der Waals surface area (Å²) in [7, 11) is 1.61. The summed E-state index contributed by atoms with van der Waals surface area (Å²) in [5.74, 6) is 0.124. The SMILES string of the molecule is CCCC1=C(C(=O)OCC)C(c2ccc(OC)c(C)c2C)C(C#N)=C(N)O1. The molecule has 2 N–H and O–H groups in total. The van der Waals surface area contributed by atoms with Gasteiger partial charge in [0.05, 0.1) is 25.2 Å². The molecule has 2 rings (SSSR count). The van der Waals surface area contributed by atoms with Crippen molar-refractivity contribution >= 4 is 5.97 Å². The molecule has 0 fully saturated rings. The number of hydrogen-bond acceptors (Lipinski definition) is 6. The van der Waals surface area contributed by atoms with E-state index in [0.29, 0.717) is 17.8 Å². The Morgan fingerprint density at radius 2 is 2.00 bits per heavy atom. The number of ether oxygens (including phenoxy) is 3. The van der Waals surface area contributed by atoms with Gasteiger partial charge in [0, 0.05) is 6.42 Å². The molecule has 0 amide bonds. The first-order valence-corrected chi connectivity index (χ1v) is 9.02. The number of carbonyl (C=O) groups excluding carboxylic acids is 1. The lowest BCUT2D eigenvalue weighted by atomic mass is 9.79. The molecule has 0 aromatic heterocycles. The van der Waals surface area contributed by atoms with Gasteiger partial charge in [-0.1, -0.05) is 13.0 Å². The van der Waals surface area contributed by atoms with Crippen LogP contribution in [0.3, 0.4) is 0 Å². The summed E-state index contributed by atoms with van der Waals surface area (Å²) in [5, 5.41) is 9.73. The highest BCUT2D eigenvalue weighted by molar-refractivity contribution is 5.92. The Labute approximate surface area is 160 Å². The van der Waals surface area contributed by atoms with Crippen molar-refractivity contribution in [1.82, 2.24) is 0 Å². The molecular weight excluding hydrogens is 344 g/mol. The average molecular weight is 370 g/mol. The summed E-state index contributed by atoms with van der Waals surface area (Å²) >= 11 is 0. The monoisotopic (exact) mass is 370 g/mol. The standard InChI is InChI=1S/C21H26N2O4/c1-6-8-17-19(21(24)26-7-2)18(15(11-22)20(23)27-17)14-9-10-16(25-5)13(4)12(14)3/h9-10,18H,6-8,23H2,1-5H3. The maximum atomic E-state index is 12.8. The molecule has 0 radical (unpaired) electrons. The van der Waals surface area contributed by atoms with Crippen LogP contribution in [0.4, 0.5) is 0 Å². The minimum Gasteiger partial charge on any atom is -0.496 e. The summed E-state index contributed by atoms with van der Waals surface area (Å²) in [4.78, 5) is 12.8. The molecule has 1 aliphatic heterocycles. The van der Waals surface area contributed by atoms with Crippen LogP contribution in [-0.4, -0.2) is 19.7 Å². The van der Waals surface area contributed by atoms with Crippen LogP contribution >= 0.6 is 0 Å². The third kappa shape index (κ3) is 3.77. The van der Waals surface area contributed by atoms with Crippen molar-refractivity contribution in [2.45, 2.75) is 46.5 Å². The molecule has 1 unspecified atom stereocenters. The van der Waals surface area contributed by atoms with Crippen LogP contribution in [0.1, 0.15) is 49.3 Å². The zero-order valence-electron chi connectivity index (χ0n) is 16.5. The van der Waals surface area contributed by atoms with Crippen molar-refractivity contribution in [2.75, 3.05) is 13.7 Å². The zero-order chi connectivity index (χ0) is 20.1. The van der Waals surface area contributed by atoms with E-state index in [1.54, 1.807) is 14.0 Å². The predicted molar refractivity (Wildman–Crippen MR) is 102 cm³/mol. The van der Waals surface area contributed by atoms with Crippen LogP contribution in [0.2, 0.25) is 0 Å². The molecule has 0 saturated carbocycles. The molecule has 1 aromatic carbocycles. The van der Waals surface area contributed by atoms with E-state index in [-0.39, 0.29) is 18.1 Å². The van der Waals surface area contributed by atoms with Gasteiger partial charge in [0.25, 0.3) is 0 Å². The molecule has 1 atom stereocenters. The maximum Gasteiger partial charge on any atom is 0.338 e. The fourth-order valence-corrected chi connectivity index (χ4v) is 3.32. The number of rotatable bonds is 6. The van der Waals surface area contributed by atoms with Crippen LogP contribution in [-0.2, 0) is 14.3 Å². The highest BCUT2D eigenvalue weighted by Crippen LogP contribution is 2.43. The number of methoxy groups -OCH3 is 1. The van der Waals surface area contributed by atoms with E-state index in [1.165, 1.54) is 0 Å². The van der Waals surface area contributed by atoms with Gasteiger partial charge in [0.1, 0.15) is 23.2 Å². The molecule has 144 valence electrons. The number of esters is 1. The minimum atomic E-state index is -0.631. The van der Waals surface area contributed by atoms with E-state index in [4.69, 9.17) is 19.9 Å². The van der Waals surface area contributed by atoms with Gasteiger partial charge in [-0.15, -0.1) is 0 Å². The van der Waals surface area contributed by atoms with Gasteiger partial charge in [-0.2, -0.15) is 5.26 Å². The molecule has 1 aromatic rings. The van der Waals surface area contributed by atoms with E-state index in [9.17, 15) is 10.1 Å². The summed E-state index contributed by atoms with van der Waals surface area (Å²) < 4.78 is 16.3. The fourth-order valence-electron chi connectivity index (χ4n) is 3.32. The average Bonchev–Trinajstić information content (AvgIpc) is 2.64. The Morgan fingerprint density at radius 3 is 2.56 bits per heavy atom. The van der Waals surface area contributed by atoms with Gasteiger partial charge in [-0.3, -0.25) is 0 Å². The first kappa shape index (κ1) is 20.4. The van der Waals surface area contributed by atoms with Crippen molar-refractivity contribution in [2.24, 2.45) is 5.73 Å². The third-order valence-corrected chi connectivity index (χ3v) is 4.78. The second-order valence-corrected chi connectivity index (χ2v) is 6.34. The Morgan fingerprint density at radius 1 is 1.30 bits per heavy atom. The quantitative estimate of drug-likeness (QED) is 0.767. The largest absolute Gasteiger partial charge is 0.496 e. The van der Waals surface area contributed by atoms with Crippen LogP contribution in [0.5, 0.6) is 5.75 Å². The van der Waals surface area contributed by atoms with Crippen LogP contribution < -0.4 is 10.5 Å². The van der Waals surface area contributed by atoms with Gasteiger partial charge in [-0.05, 0) is 49.9 Å². The second kappa shape index (κ2) is 8.63.